The molecule has 0 saturated carbocycles. The highest BCUT2D eigenvalue weighted by atomic mass is 79.9. The lowest BCUT2D eigenvalue weighted by atomic mass is 9.96. The molecule has 0 fully saturated rings. The molecule has 1 heterocycles. The van der Waals surface area contributed by atoms with Gasteiger partial charge in [0.2, 0.25) is 0 Å². The maximum Gasteiger partial charge on any atom is 0.130 e. The Morgan fingerprint density at radius 3 is 2.56 bits per heavy atom. The van der Waals surface area contributed by atoms with Crippen molar-refractivity contribution in [2.24, 2.45) is 0 Å². The lowest BCUT2D eigenvalue weighted by Gasteiger charge is -2.16. The zero-order chi connectivity index (χ0) is 13.3. The predicted octanol–water partition coefficient (Wildman–Crippen LogP) is 3.55. The highest BCUT2D eigenvalue weighted by Crippen LogP contribution is 2.40. The number of hydrogen-bond acceptors (Lipinski definition) is 3. The molecule has 18 heavy (non-hydrogen) atoms. The van der Waals surface area contributed by atoms with E-state index in [0.717, 1.165) is 26.9 Å². The molecule has 0 unspecified atom stereocenters. The minimum absolute atomic E-state index is 0.365. The molecule has 96 valence electrons. The van der Waals surface area contributed by atoms with E-state index in [1.165, 1.54) is 0 Å². The summed E-state index contributed by atoms with van der Waals surface area (Å²) < 4.78 is 6.56. The average molecular weight is 310 g/mol. The van der Waals surface area contributed by atoms with Crippen molar-refractivity contribution < 1.29 is 4.74 Å². The molecule has 4 nitrogen and oxygen atoms in total. The van der Waals surface area contributed by atoms with Crippen molar-refractivity contribution in [3.63, 3.8) is 0 Å². The Morgan fingerprint density at radius 1 is 1.33 bits per heavy atom. The van der Waals surface area contributed by atoms with Crippen LogP contribution in [0.5, 0.6) is 5.75 Å². The summed E-state index contributed by atoms with van der Waals surface area (Å²) in [5.41, 5.74) is 8.83. The van der Waals surface area contributed by atoms with Crippen LogP contribution in [-0.4, -0.2) is 17.3 Å². The Bertz CT molecular complexity index is 563. The number of anilines is 1. The second-order valence-corrected chi connectivity index (χ2v) is 5.34. The molecule has 2 aromatic rings. The van der Waals surface area contributed by atoms with E-state index in [1.807, 2.05) is 6.07 Å². The lowest BCUT2D eigenvalue weighted by molar-refractivity contribution is 0.409. The Balaban J connectivity index is 2.70. The molecule has 0 bridgehead atoms. The Labute approximate surface area is 115 Å². The fraction of sp³-hybridized carbons (Fsp3) is 0.308. The van der Waals surface area contributed by atoms with Gasteiger partial charge in [0.15, 0.2) is 0 Å². The van der Waals surface area contributed by atoms with Gasteiger partial charge in [0, 0.05) is 15.6 Å². The van der Waals surface area contributed by atoms with Crippen LogP contribution in [0.3, 0.4) is 0 Å². The normalized spacial score (nSPS) is 10.9. The van der Waals surface area contributed by atoms with Crippen LogP contribution in [0.1, 0.15) is 25.3 Å². The summed E-state index contributed by atoms with van der Waals surface area (Å²) in [5, 5.41) is 6.70. The van der Waals surface area contributed by atoms with Crippen molar-refractivity contribution in [1.82, 2.24) is 10.2 Å². The minimum atomic E-state index is 0.365. The van der Waals surface area contributed by atoms with Gasteiger partial charge in [-0.05, 0) is 23.6 Å². The first kappa shape index (κ1) is 13.0. The topological polar surface area (TPSA) is 63.9 Å². The van der Waals surface area contributed by atoms with Gasteiger partial charge in [-0.15, -0.1) is 0 Å². The van der Waals surface area contributed by atoms with Crippen LogP contribution in [0.4, 0.5) is 5.82 Å². The highest BCUT2D eigenvalue weighted by molar-refractivity contribution is 9.10. The van der Waals surface area contributed by atoms with Crippen LogP contribution in [0.25, 0.3) is 11.1 Å². The van der Waals surface area contributed by atoms with E-state index in [2.05, 4.69) is 46.0 Å². The number of halogens is 1. The van der Waals surface area contributed by atoms with E-state index >= 15 is 0 Å². The molecule has 0 radical (unpaired) electrons. The Kier molecular flexibility index (Phi) is 3.61. The van der Waals surface area contributed by atoms with Crippen LogP contribution < -0.4 is 10.5 Å². The Morgan fingerprint density at radius 2 is 2.06 bits per heavy atom. The zero-order valence-electron chi connectivity index (χ0n) is 10.6. The average Bonchev–Trinajstić information content (AvgIpc) is 2.74. The third-order valence-corrected chi connectivity index (χ3v) is 3.33. The van der Waals surface area contributed by atoms with Gasteiger partial charge < -0.3 is 10.5 Å². The number of rotatable bonds is 3. The van der Waals surface area contributed by atoms with Crippen molar-refractivity contribution in [2.45, 2.75) is 19.8 Å². The second kappa shape index (κ2) is 5.02. The number of nitrogens with one attached hydrogen (secondary N) is 1. The summed E-state index contributed by atoms with van der Waals surface area (Å²) in [4.78, 5) is 0. The molecular formula is C13H16BrN3O. The quantitative estimate of drug-likeness (QED) is 0.911. The molecule has 5 heteroatoms. The van der Waals surface area contributed by atoms with Crippen LogP contribution in [-0.2, 0) is 0 Å². The fourth-order valence-electron chi connectivity index (χ4n) is 1.98. The third kappa shape index (κ3) is 2.22. The Hall–Kier alpha value is -1.49. The number of ether oxygens (including phenoxy) is 1. The van der Waals surface area contributed by atoms with Crippen molar-refractivity contribution in [3.8, 4) is 16.9 Å². The predicted molar refractivity (Wildman–Crippen MR) is 76.8 cm³/mol. The van der Waals surface area contributed by atoms with E-state index in [0.29, 0.717) is 11.7 Å². The summed E-state index contributed by atoms with van der Waals surface area (Å²) in [7, 11) is 1.68. The van der Waals surface area contributed by atoms with E-state index in [-0.39, 0.29) is 0 Å². The van der Waals surface area contributed by atoms with Crippen molar-refractivity contribution in [1.29, 1.82) is 0 Å². The first-order valence-corrected chi connectivity index (χ1v) is 6.50. The van der Waals surface area contributed by atoms with Crippen LogP contribution >= 0.6 is 15.9 Å². The van der Waals surface area contributed by atoms with Gasteiger partial charge in [-0.1, -0.05) is 29.8 Å². The van der Waals surface area contributed by atoms with Crippen LogP contribution in [0, 0.1) is 0 Å². The van der Waals surface area contributed by atoms with Crippen molar-refractivity contribution in [2.75, 3.05) is 12.8 Å². The SMILES string of the molecule is COc1c(-c2cn[nH]c2N)cc(Br)cc1C(C)C. The molecule has 1 aromatic heterocycles. The molecule has 1 aromatic carbocycles. The minimum Gasteiger partial charge on any atom is -0.496 e. The van der Waals surface area contributed by atoms with E-state index in [4.69, 9.17) is 10.5 Å². The molecule has 0 aliphatic carbocycles. The summed E-state index contributed by atoms with van der Waals surface area (Å²) in [6.45, 7) is 4.26. The van der Waals surface area contributed by atoms with E-state index in [9.17, 15) is 0 Å². The van der Waals surface area contributed by atoms with Gasteiger partial charge in [0.05, 0.1) is 13.3 Å². The molecule has 0 saturated heterocycles. The summed E-state index contributed by atoms with van der Waals surface area (Å²) >= 11 is 3.53. The van der Waals surface area contributed by atoms with Gasteiger partial charge >= 0.3 is 0 Å². The summed E-state index contributed by atoms with van der Waals surface area (Å²) in [6, 6.07) is 4.06. The van der Waals surface area contributed by atoms with Crippen molar-refractivity contribution >= 4 is 21.7 Å². The largest absolute Gasteiger partial charge is 0.496 e. The van der Waals surface area contributed by atoms with Crippen molar-refractivity contribution in [3.05, 3.63) is 28.4 Å². The van der Waals surface area contributed by atoms with E-state index in [1.54, 1.807) is 13.3 Å². The molecule has 0 amide bonds. The van der Waals surface area contributed by atoms with Gasteiger partial charge in [0.25, 0.3) is 0 Å². The molecule has 0 atom stereocenters. The first-order chi connectivity index (χ1) is 8.54. The molecule has 2 rings (SSSR count). The van der Waals surface area contributed by atoms with Crippen LogP contribution in [0.2, 0.25) is 0 Å². The number of benzene rings is 1. The third-order valence-electron chi connectivity index (χ3n) is 2.87. The number of nitrogens with two attached hydrogens (primary N) is 1. The number of methoxy groups -OCH3 is 1. The van der Waals surface area contributed by atoms with Gasteiger partial charge in [0.1, 0.15) is 11.6 Å². The molecule has 0 aliphatic heterocycles. The summed E-state index contributed by atoms with van der Waals surface area (Å²) in [5.74, 6) is 1.76. The fourth-order valence-corrected chi connectivity index (χ4v) is 2.46. The highest BCUT2D eigenvalue weighted by Gasteiger charge is 2.17. The smallest absolute Gasteiger partial charge is 0.130 e. The molecular weight excluding hydrogens is 294 g/mol. The standard InChI is InChI=1S/C13H16BrN3O/c1-7(2)9-4-8(14)5-10(12(9)18-3)11-6-16-17-13(11)15/h4-7H,1-3H3,(H3,15,16,17). The molecule has 3 N–H and O–H groups in total. The van der Waals surface area contributed by atoms with Gasteiger partial charge in [-0.25, -0.2) is 0 Å². The van der Waals surface area contributed by atoms with Gasteiger partial charge in [-0.3, -0.25) is 5.10 Å². The maximum atomic E-state index is 5.88. The van der Waals surface area contributed by atoms with E-state index < -0.39 is 0 Å². The number of aromatic amines is 1. The maximum absolute atomic E-state index is 5.88. The number of aromatic nitrogens is 2. The first-order valence-electron chi connectivity index (χ1n) is 5.71. The number of nitrogen functional groups attached to an aromatic ring is 1. The number of H-pyrrole nitrogens is 1. The summed E-state index contributed by atoms with van der Waals surface area (Å²) in [6.07, 6.45) is 1.71. The monoisotopic (exact) mass is 309 g/mol. The molecule has 0 spiro atoms. The molecule has 0 aliphatic rings. The number of nitrogens with zero attached hydrogens (tertiary/aromatic N) is 1. The zero-order valence-corrected chi connectivity index (χ0v) is 12.2. The second-order valence-electron chi connectivity index (χ2n) is 4.43. The van der Waals surface area contributed by atoms with Gasteiger partial charge in [-0.2, -0.15) is 5.10 Å². The van der Waals surface area contributed by atoms with Crippen LogP contribution in [0.15, 0.2) is 22.8 Å². The lowest BCUT2D eigenvalue weighted by Crippen LogP contribution is -1.98. The number of hydrogen-bond donors (Lipinski definition) is 2.